The van der Waals surface area contributed by atoms with E-state index in [2.05, 4.69) is 9.72 Å². The Morgan fingerprint density at radius 2 is 1.66 bits per heavy atom. The fraction of sp³-hybridized carbons (Fsp3) is 0.292. The van der Waals surface area contributed by atoms with E-state index in [0.29, 0.717) is 10.6 Å². The number of nitrogens with zero attached hydrogens (tertiary/aromatic N) is 3. The molecule has 0 aliphatic rings. The molecule has 9 nitrogen and oxygen atoms in total. The summed E-state index contributed by atoms with van der Waals surface area (Å²) >= 11 is 0. The maximum atomic E-state index is 13.8. The van der Waals surface area contributed by atoms with Crippen LogP contribution in [0.15, 0.2) is 58.1 Å². The highest BCUT2D eigenvalue weighted by Gasteiger charge is 2.39. The number of aromatic amines is 1. The number of fused-ring (bicyclic) bond motifs is 1. The van der Waals surface area contributed by atoms with E-state index in [-0.39, 0.29) is 17.0 Å². The van der Waals surface area contributed by atoms with Crippen LogP contribution in [-0.4, -0.2) is 49.3 Å². The van der Waals surface area contributed by atoms with E-state index < -0.39 is 71.6 Å². The number of aryl methyl sites for hydroxylation is 1. The SMILES string of the molecule is Cn1c(-c2ccc(OC(c3ccccc3)C(F)F)c(OC(F)(F)F)c2)nc2c1c(=O)[nH]c(=O)n2CC(O)C(F)(F)F. The molecule has 0 fully saturated rings. The molecule has 41 heavy (non-hydrogen) atoms. The number of aliphatic hydroxyl groups excluding tert-OH is 1. The third-order valence-electron chi connectivity index (χ3n) is 5.78. The summed E-state index contributed by atoms with van der Waals surface area (Å²) in [5.41, 5.74) is -3.75. The zero-order chi connectivity index (χ0) is 30.3. The van der Waals surface area contributed by atoms with Gasteiger partial charge in [0.2, 0.25) is 0 Å². The first-order valence-electron chi connectivity index (χ1n) is 11.4. The van der Waals surface area contributed by atoms with Crippen molar-refractivity contribution in [3.8, 4) is 22.9 Å². The molecular formula is C24H18F8N4O5. The third-order valence-corrected chi connectivity index (χ3v) is 5.78. The Bertz CT molecular complexity index is 1660. The van der Waals surface area contributed by atoms with Gasteiger partial charge in [-0.05, 0) is 23.8 Å². The molecule has 0 saturated carbocycles. The lowest BCUT2D eigenvalue weighted by molar-refractivity contribution is -0.275. The fourth-order valence-corrected chi connectivity index (χ4v) is 3.94. The number of nitrogens with one attached hydrogen (secondary N) is 1. The minimum atomic E-state index is -5.30. The number of alkyl halides is 8. The number of halogens is 8. The molecule has 0 radical (unpaired) electrons. The van der Waals surface area contributed by atoms with Crippen LogP contribution in [0.2, 0.25) is 0 Å². The minimum Gasteiger partial charge on any atom is -0.476 e. The van der Waals surface area contributed by atoms with Crippen molar-refractivity contribution in [2.24, 2.45) is 7.05 Å². The van der Waals surface area contributed by atoms with E-state index in [1.54, 1.807) is 4.98 Å². The summed E-state index contributed by atoms with van der Waals surface area (Å²) in [7, 11) is 1.19. The number of rotatable bonds is 8. The average Bonchev–Trinajstić information content (AvgIpc) is 3.21. The van der Waals surface area contributed by atoms with Crippen LogP contribution in [0.1, 0.15) is 11.7 Å². The van der Waals surface area contributed by atoms with Gasteiger partial charge in [0.15, 0.2) is 34.9 Å². The molecule has 2 atom stereocenters. The maximum absolute atomic E-state index is 13.8. The third kappa shape index (κ3) is 6.34. The molecular weight excluding hydrogens is 576 g/mol. The second kappa shape index (κ2) is 10.9. The molecule has 2 aromatic heterocycles. The highest BCUT2D eigenvalue weighted by atomic mass is 19.4. The van der Waals surface area contributed by atoms with Gasteiger partial charge in [-0.15, -0.1) is 13.2 Å². The molecule has 4 aromatic rings. The average molecular weight is 594 g/mol. The number of imidazole rings is 1. The molecule has 0 aliphatic heterocycles. The largest absolute Gasteiger partial charge is 0.573 e. The molecule has 2 aromatic carbocycles. The minimum absolute atomic E-state index is 0.0434. The van der Waals surface area contributed by atoms with Crippen molar-refractivity contribution in [2.75, 3.05) is 0 Å². The van der Waals surface area contributed by atoms with Crippen LogP contribution in [-0.2, 0) is 13.6 Å². The summed E-state index contributed by atoms with van der Waals surface area (Å²) in [6.07, 6.45) is -18.6. The first kappa shape index (κ1) is 29.6. The van der Waals surface area contributed by atoms with Crippen molar-refractivity contribution in [3.63, 3.8) is 0 Å². The summed E-state index contributed by atoms with van der Waals surface area (Å²) in [4.78, 5) is 30.5. The summed E-state index contributed by atoms with van der Waals surface area (Å²) in [5, 5.41) is 9.45. The normalized spacial score (nSPS) is 13.9. The molecule has 4 rings (SSSR count). The Labute approximate surface area is 223 Å². The Hall–Kier alpha value is -4.41. The van der Waals surface area contributed by atoms with Gasteiger partial charge in [0.05, 0.1) is 6.54 Å². The number of benzene rings is 2. The monoisotopic (exact) mass is 594 g/mol. The van der Waals surface area contributed by atoms with Gasteiger partial charge >= 0.3 is 18.2 Å². The van der Waals surface area contributed by atoms with Crippen LogP contribution in [0.4, 0.5) is 35.1 Å². The number of H-pyrrole nitrogens is 1. The summed E-state index contributed by atoms with van der Waals surface area (Å²) in [6.45, 7) is -1.35. The van der Waals surface area contributed by atoms with E-state index in [1.165, 1.54) is 37.4 Å². The molecule has 0 amide bonds. The molecule has 220 valence electrons. The molecule has 0 spiro atoms. The van der Waals surface area contributed by atoms with E-state index >= 15 is 0 Å². The highest BCUT2D eigenvalue weighted by Crippen LogP contribution is 2.39. The number of ether oxygens (including phenoxy) is 2. The van der Waals surface area contributed by atoms with Crippen molar-refractivity contribution >= 4 is 11.2 Å². The Balaban J connectivity index is 1.84. The van der Waals surface area contributed by atoms with Crippen molar-refractivity contribution in [2.45, 2.75) is 37.7 Å². The van der Waals surface area contributed by atoms with Crippen LogP contribution in [0.5, 0.6) is 11.5 Å². The molecule has 0 aliphatic carbocycles. The first-order chi connectivity index (χ1) is 19.1. The maximum Gasteiger partial charge on any atom is 0.573 e. The van der Waals surface area contributed by atoms with Gasteiger partial charge in [0.1, 0.15) is 5.82 Å². The zero-order valence-electron chi connectivity index (χ0n) is 20.5. The van der Waals surface area contributed by atoms with Gasteiger partial charge in [0, 0.05) is 12.6 Å². The quantitative estimate of drug-likeness (QED) is 0.295. The van der Waals surface area contributed by atoms with Gasteiger partial charge in [-0.1, -0.05) is 30.3 Å². The first-order valence-corrected chi connectivity index (χ1v) is 11.4. The molecule has 2 heterocycles. The highest BCUT2D eigenvalue weighted by molar-refractivity contribution is 5.77. The standard InChI is InChI=1S/C24H18F8N4O5/c1-35-16-20(36(22(39)34-21(16)38)10-15(37)23(27,28)29)33-19(35)12-7-8-13(14(9-12)41-24(30,31)32)40-17(18(25)26)11-5-3-2-4-6-11/h2-9,15,17-18,37H,10H2,1H3,(H,34,38,39). The Morgan fingerprint density at radius 1 is 1.00 bits per heavy atom. The van der Waals surface area contributed by atoms with Crippen molar-refractivity contribution in [1.82, 2.24) is 19.1 Å². The van der Waals surface area contributed by atoms with E-state index in [1.807, 2.05) is 0 Å². The topological polar surface area (TPSA) is 111 Å². The van der Waals surface area contributed by atoms with Gasteiger partial charge in [0.25, 0.3) is 12.0 Å². The molecule has 2 N–H and O–H groups in total. The van der Waals surface area contributed by atoms with Gasteiger partial charge in [-0.25, -0.2) is 18.6 Å². The van der Waals surface area contributed by atoms with Gasteiger partial charge in [-0.3, -0.25) is 14.3 Å². The predicted octanol–water partition coefficient (Wildman–Crippen LogP) is 4.30. The van der Waals surface area contributed by atoms with Crippen LogP contribution in [0.3, 0.4) is 0 Å². The lowest BCUT2D eigenvalue weighted by atomic mass is 10.1. The molecule has 2 unspecified atom stereocenters. The summed E-state index contributed by atoms with van der Waals surface area (Å²) < 4.78 is 117. The van der Waals surface area contributed by atoms with E-state index in [4.69, 9.17) is 4.74 Å². The lowest BCUT2D eigenvalue weighted by Crippen LogP contribution is -2.39. The molecule has 0 bridgehead atoms. The van der Waals surface area contributed by atoms with E-state index in [9.17, 15) is 49.8 Å². The smallest absolute Gasteiger partial charge is 0.476 e. The van der Waals surface area contributed by atoms with E-state index in [0.717, 1.165) is 16.7 Å². The zero-order valence-corrected chi connectivity index (χ0v) is 20.5. The van der Waals surface area contributed by atoms with Crippen LogP contribution >= 0.6 is 0 Å². The van der Waals surface area contributed by atoms with Crippen LogP contribution < -0.4 is 20.7 Å². The van der Waals surface area contributed by atoms with Gasteiger partial charge < -0.3 is 19.1 Å². The predicted molar refractivity (Wildman–Crippen MR) is 126 cm³/mol. The van der Waals surface area contributed by atoms with Crippen LogP contribution in [0, 0.1) is 0 Å². The number of aromatic nitrogens is 4. The Kier molecular flexibility index (Phi) is 7.84. The summed E-state index contributed by atoms with van der Waals surface area (Å²) in [5.74, 6) is -2.12. The van der Waals surface area contributed by atoms with Crippen molar-refractivity contribution in [1.29, 1.82) is 0 Å². The van der Waals surface area contributed by atoms with Crippen LogP contribution in [0.25, 0.3) is 22.6 Å². The van der Waals surface area contributed by atoms with Crippen molar-refractivity contribution in [3.05, 3.63) is 74.9 Å². The van der Waals surface area contributed by atoms with Crippen molar-refractivity contribution < 1.29 is 49.7 Å². The second-order valence-electron chi connectivity index (χ2n) is 8.59. The Morgan fingerprint density at radius 3 is 2.24 bits per heavy atom. The fourth-order valence-electron chi connectivity index (χ4n) is 3.94. The lowest BCUT2D eigenvalue weighted by Gasteiger charge is -2.21. The molecule has 0 saturated heterocycles. The molecule has 17 heteroatoms. The van der Waals surface area contributed by atoms with Gasteiger partial charge in [-0.2, -0.15) is 13.2 Å². The number of aliphatic hydroxyl groups is 1. The second-order valence-corrected chi connectivity index (χ2v) is 8.59. The number of hydrogen-bond acceptors (Lipinski definition) is 6. The number of hydrogen-bond donors (Lipinski definition) is 2. The summed E-state index contributed by atoms with van der Waals surface area (Å²) in [6, 6.07) is 9.59.